The molecule has 158 valence electrons. The standard InChI is InChI=1S/C15H23N3O3.C2HF3O2/c1-9-12(10(2)21-17-9)7-18-5-4-11-6-13(15(19)16-3)20-14(11)8-18;3-2(4,5)1(6)7/h11,13-14H,4-8H2,1-3H3,(H,16,19);(H,6,7)/t11-,13-,14+;/m0./s1. The Hall–Kier alpha value is -2.14. The maximum absolute atomic E-state index is 11.7. The van der Waals surface area contributed by atoms with E-state index in [0.717, 1.165) is 43.9 Å². The Labute approximate surface area is 160 Å². The summed E-state index contributed by atoms with van der Waals surface area (Å²) in [6.45, 7) is 6.69. The lowest BCUT2D eigenvalue weighted by atomic mass is 9.91. The minimum atomic E-state index is -5.08. The molecule has 0 aromatic carbocycles. The normalized spacial score (nSPS) is 24.9. The number of aliphatic carboxylic acids is 1. The molecule has 11 heteroatoms. The molecule has 0 radical (unpaired) electrons. The zero-order valence-corrected chi connectivity index (χ0v) is 15.9. The highest BCUT2D eigenvalue weighted by Gasteiger charge is 2.41. The second-order valence-corrected chi connectivity index (χ2v) is 6.90. The fraction of sp³-hybridized carbons (Fsp3) is 0.706. The molecule has 3 rings (SSSR count). The number of fused-ring (bicyclic) bond motifs is 1. The van der Waals surface area contributed by atoms with Gasteiger partial charge in [0.05, 0.1) is 11.8 Å². The number of carbonyl (C=O) groups excluding carboxylic acids is 1. The molecule has 0 saturated carbocycles. The lowest BCUT2D eigenvalue weighted by molar-refractivity contribution is -0.192. The number of aryl methyl sites for hydroxylation is 2. The van der Waals surface area contributed by atoms with Gasteiger partial charge >= 0.3 is 12.1 Å². The van der Waals surface area contributed by atoms with Gasteiger partial charge < -0.3 is 19.7 Å². The van der Waals surface area contributed by atoms with Crippen LogP contribution < -0.4 is 5.32 Å². The Balaban J connectivity index is 0.000000345. The molecule has 2 aliphatic heterocycles. The number of nitrogens with zero attached hydrogens (tertiary/aromatic N) is 2. The van der Waals surface area contributed by atoms with Crippen LogP contribution in [0.15, 0.2) is 4.52 Å². The van der Waals surface area contributed by atoms with Crippen LogP contribution in [0.5, 0.6) is 0 Å². The van der Waals surface area contributed by atoms with Crippen molar-refractivity contribution in [3.8, 4) is 0 Å². The summed E-state index contributed by atoms with van der Waals surface area (Å²) in [6.07, 6.45) is -3.25. The first-order valence-corrected chi connectivity index (χ1v) is 8.84. The average Bonchev–Trinajstić information content (AvgIpc) is 3.18. The summed E-state index contributed by atoms with van der Waals surface area (Å²) in [5, 5.41) is 13.8. The summed E-state index contributed by atoms with van der Waals surface area (Å²) in [5.41, 5.74) is 2.14. The average molecular weight is 407 g/mol. The molecule has 2 saturated heterocycles. The maximum atomic E-state index is 11.7. The number of carbonyl (C=O) groups is 2. The van der Waals surface area contributed by atoms with Crippen molar-refractivity contribution < 1.29 is 37.1 Å². The number of likely N-dealkylation sites (N-methyl/N-ethyl adjacent to an activating group) is 1. The SMILES string of the molecule is CNC(=O)[C@@H]1C[C@@H]2CCN(Cc3c(C)noc3C)C[C@H]2O1.O=C(O)C(F)(F)F. The molecule has 8 nitrogen and oxygen atoms in total. The monoisotopic (exact) mass is 407 g/mol. The molecule has 0 unspecified atom stereocenters. The molecule has 1 amide bonds. The maximum Gasteiger partial charge on any atom is 0.490 e. The molecule has 2 fully saturated rings. The highest BCUT2D eigenvalue weighted by atomic mass is 19.4. The van der Waals surface area contributed by atoms with E-state index in [2.05, 4.69) is 15.4 Å². The molecule has 1 aromatic rings. The van der Waals surface area contributed by atoms with E-state index in [1.807, 2.05) is 13.8 Å². The molecule has 0 spiro atoms. The number of halogens is 3. The van der Waals surface area contributed by atoms with E-state index in [9.17, 15) is 18.0 Å². The van der Waals surface area contributed by atoms with E-state index in [1.54, 1.807) is 7.05 Å². The zero-order valence-electron chi connectivity index (χ0n) is 15.9. The second-order valence-electron chi connectivity index (χ2n) is 6.90. The molecule has 28 heavy (non-hydrogen) atoms. The lowest BCUT2D eigenvalue weighted by Gasteiger charge is -2.33. The summed E-state index contributed by atoms with van der Waals surface area (Å²) >= 11 is 0. The number of hydrogen-bond donors (Lipinski definition) is 2. The third-order valence-corrected chi connectivity index (χ3v) is 4.98. The number of ether oxygens (including phenoxy) is 1. The largest absolute Gasteiger partial charge is 0.490 e. The van der Waals surface area contributed by atoms with Crippen molar-refractivity contribution in [3.05, 3.63) is 17.0 Å². The highest BCUT2D eigenvalue weighted by Crippen LogP contribution is 2.34. The van der Waals surface area contributed by atoms with Crippen molar-refractivity contribution >= 4 is 11.9 Å². The minimum absolute atomic E-state index is 0.00155. The van der Waals surface area contributed by atoms with E-state index in [0.29, 0.717) is 5.92 Å². The molecule has 3 atom stereocenters. The number of hydrogen-bond acceptors (Lipinski definition) is 6. The first-order chi connectivity index (χ1) is 13.0. The minimum Gasteiger partial charge on any atom is -0.475 e. The van der Waals surface area contributed by atoms with Crippen LogP contribution in [0, 0.1) is 19.8 Å². The molecule has 2 aliphatic rings. The lowest BCUT2D eigenvalue weighted by Crippen LogP contribution is -2.42. The summed E-state index contributed by atoms with van der Waals surface area (Å²) in [7, 11) is 1.66. The number of alkyl halides is 3. The molecule has 0 bridgehead atoms. The number of piperidine rings is 1. The molecular weight excluding hydrogens is 383 g/mol. The van der Waals surface area contributed by atoms with Crippen molar-refractivity contribution in [1.82, 2.24) is 15.4 Å². The molecule has 3 heterocycles. The fourth-order valence-electron chi connectivity index (χ4n) is 3.42. The van der Waals surface area contributed by atoms with Gasteiger partial charge in [0.2, 0.25) is 5.91 Å². The molecule has 0 aliphatic carbocycles. The molecule has 2 N–H and O–H groups in total. The number of nitrogens with one attached hydrogen (secondary N) is 1. The van der Waals surface area contributed by atoms with Crippen molar-refractivity contribution in [1.29, 1.82) is 0 Å². The van der Waals surface area contributed by atoms with Gasteiger partial charge in [-0.3, -0.25) is 9.69 Å². The van der Waals surface area contributed by atoms with E-state index in [-0.39, 0.29) is 18.1 Å². The summed E-state index contributed by atoms with van der Waals surface area (Å²) in [4.78, 5) is 23.0. The number of rotatable bonds is 3. The van der Waals surface area contributed by atoms with Crippen molar-refractivity contribution in [2.45, 2.75) is 51.6 Å². The molecular formula is C17H24F3N3O5. The Morgan fingerprint density at radius 2 is 2.00 bits per heavy atom. The summed E-state index contributed by atoms with van der Waals surface area (Å²) in [6, 6.07) is 0. The predicted octanol–water partition coefficient (Wildman–Crippen LogP) is 1.65. The predicted molar refractivity (Wildman–Crippen MR) is 90.4 cm³/mol. The first-order valence-electron chi connectivity index (χ1n) is 8.84. The van der Waals surface area contributed by atoms with Crippen LogP contribution in [-0.2, 0) is 20.9 Å². The van der Waals surface area contributed by atoms with Crippen molar-refractivity contribution in [3.63, 3.8) is 0 Å². The number of aromatic nitrogens is 1. The van der Waals surface area contributed by atoms with E-state index >= 15 is 0 Å². The van der Waals surface area contributed by atoms with Crippen molar-refractivity contribution in [2.75, 3.05) is 20.1 Å². The van der Waals surface area contributed by atoms with Crippen LogP contribution in [0.25, 0.3) is 0 Å². The van der Waals surface area contributed by atoms with Crippen molar-refractivity contribution in [2.24, 2.45) is 5.92 Å². The van der Waals surface area contributed by atoms with Gasteiger partial charge in [0.1, 0.15) is 11.9 Å². The number of likely N-dealkylation sites (tertiary alicyclic amines) is 1. The van der Waals surface area contributed by atoms with Gasteiger partial charge in [-0.05, 0) is 39.2 Å². The van der Waals surface area contributed by atoms with Crippen LogP contribution in [-0.4, -0.2) is 65.6 Å². The first kappa shape index (κ1) is 22.2. The third-order valence-electron chi connectivity index (χ3n) is 4.98. The Morgan fingerprint density at radius 3 is 2.50 bits per heavy atom. The van der Waals surface area contributed by atoms with E-state index in [4.69, 9.17) is 19.2 Å². The highest BCUT2D eigenvalue weighted by molar-refractivity contribution is 5.80. The fourth-order valence-corrected chi connectivity index (χ4v) is 3.42. The van der Waals surface area contributed by atoms with Gasteiger partial charge in [-0.15, -0.1) is 0 Å². The topological polar surface area (TPSA) is 105 Å². The number of carboxylic acids is 1. The van der Waals surface area contributed by atoms with Gasteiger partial charge in [0.15, 0.2) is 0 Å². The van der Waals surface area contributed by atoms with Crippen LogP contribution in [0.2, 0.25) is 0 Å². The number of amides is 1. The second kappa shape index (κ2) is 8.91. The summed E-state index contributed by atoms with van der Waals surface area (Å²) < 4.78 is 42.9. The van der Waals surface area contributed by atoms with Gasteiger partial charge in [-0.2, -0.15) is 13.2 Å². The Bertz CT molecular complexity index is 687. The van der Waals surface area contributed by atoms with Crippen LogP contribution >= 0.6 is 0 Å². The van der Waals surface area contributed by atoms with E-state index < -0.39 is 12.1 Å². The number of carboxylic acid groups (broad SMARTS) is 1. The van der Waals surface area contributed by atoms with Gasteiger partial charge in [0.25, 0.3) is 0 Å². The van der Waals surface area contributed by atoms with Gasteiger partial charge in [-0.25, -0.2) is 4.79 Å². The smallest absolute Gasteiger partial charge is 0.475 e. The Kier molecular flexibility index (Phi) is 7.05. The van der Waals surface area contributed by atoms with Crippen LogP contribution in [0.3, 0.4) is 0 Å². The Morgan fingerprint density at radius 1 is 1.36 bits per heavy atom. The zero-order chi connectivity index (χ0) is 21.1. The van der Waals surface area contributed by atoms with E-state index in [1.165, 1.54) is 5.56 Å². The quantitative estimate of drug-likeness (QED) is 0.785. The summed E-state index contributed by atoms with van der Waals surface area (Å²) in [5.74, 6) is -1.35. The van der Waals surface area contributed by atoms with Crippen LogP contribution in [0.1, 0.15) is 29.9 Å². The van der Waals surface area contributed by atoms with Gasteiger partial charge in [0, 0.05) is 25.7 Å². The van der Waals surface area contributed by atoms with Gasteiger partial charge in [-0.1, -0.05) is 5.16 Å². The molecule has 1 aromatic heterocycles. The third kappa shape index (κ3) is 5.44. The van der Waals surface area contributed by atoms with Crippen LogP contribution in [0.4, 0.5) is 13.2 Å².